The number of nitrogen functional groups attached to an aromatic ring is 2. The van der Waals surface area contributed by atoms with Crippen molar-refractivity contribution in [3.63, 3.8) is 0 Å². The summed E-state index contributed by atoms with van der Waals surface area (Å²) in [6.07, 6.45) is 1.64. The maximum absolute atomic E-state index is 12.3. The molecule has 0 spiro atoms. The van der Waals surface area contributed by atoms with E-state index >= 15 is 0 Å². The van der Waals surface area contributed by atoms with Gasteiger partial charge in [-0.2, -0.15) is 4.98 Å². The summed E-state index contributed by atoms with van der Waals surface area (Å²) < 4.78 is 13.1. The van der Waals surface area contributed by atoms with Gasteiger partial charge in [0.25, 0.3) is 0 Å². The van der Waals surface area contributed by atoms with Crippen molar-refractivity contribution in [3.8, 4) is 5.75 Å². The molecule has 10 heteroatoms. The van der Waals surface area contributed by atoms with Crippen molar-refractivity contribution in [3.05, 3.63) is 41.6 Å². The number of anilines is 2. The van der Waals surface area contributed by atoms with Crippen molar-refractivity contribution < 1.29 is 14.3 Å². The molecule has 0 bridgehead atoms. The van der Waals surface area contributed by atoms with Gasteiger partial charge in [0.15, 0.2) is 5.82 Å². The van der Waals surface area contributed by atoms with E-state index in [4.69, 9.17) is 20.9 Å². The second kappa shape index (κ2) is 9.02. The minimum Gasteiger partial charge on any atom is -0.496 e. The molecule has 0 radical (unpaired) electrons. The molecule has 1 aromatic carbocycles. The summed E-state index contributed by atoms with van der Waals surface area (Å²) in [5.41, 5.74) is 14.9. The first kappa shape index (κ1) is 23.6. The Bertz CT molecular complexity index is 1200. The van der Waals surface area contributed by atoms with Crippen LogP contribution in [0.25, 0.3) is 11.0 Å². The second-order valence-electron chi connectivity index (χ2n) is 9.73. The lowest BCUT2D eigenvalue weighted by Gasteiger charge is -2.44. The number of hydrogen-bond donors (Lipinski definition) is 2. The highest BCUT2D eigenvalue weighted by Gasteiger charge is 2.34. The fraction of sp³-hybridized carbons (Fsp3) is 0.458. The van der Waals surface area contributed by atoms with Crippen LogP contribution < -0.4 is 16.2 Å². The first-order valence-electron chi connectivity index (χ1n) is 11.3. The molecule has 0 atom stereocenters. The Hall–Kier alpha value is -3.53. The van der Waals surface area contributed by atoms with Crippen LogP contribution in [0.1, 0.15) is 31.9 Å². The molecule has 0 saturated carbocycles. The van der Waals surface area contributed by atoms with Crippen LogP contribution in [0, 0.1) is 0 Å². The van der Waals surface area contributed by atoms with Crippen LogP contribution in [0.4, 0.5) is 16.6 Å². The van der Waals surface area contributed by atoms with E-state index in [0.717, 1.165) is 42.0 Å². The molecule has 1 aliphatic heterocycles. The van der Waals surface area contributed by atoms with Crippen molar-refractivity contribution in [2.24, 2.45) is 0 Å². The number of ether oxygens (including phenoxy) is 2. The van der Waals surface area contributed by atoms with E-state index in [0.29, 0.717) is 17.9 Å². The smallest absolute Gasteiger partial charge is 0.410 e. The molecule has 1 fully saturated rings. The summed E-state index contributed by atoms with van der Waals surface area (Å²) >= 11 is 0. The number of fused-ring (bicyclic) bond motifs is 1. The van der Waals surface area contributed by atoms with Crippen molar-refractivity contribution in [1.82, 2.24) is 24.3 Å². The Morgan fingerprint density at radius 3 is 2.59 bits per heavy atom. The molecule has 3 heterocycles. The zero-order valence-corrected chi connectivity index (χ0v) is 20.4. The number of rotatable bonds is 6. The van der Waals surface area contributed by atoms with Gasteiger partial charge in [-0.1, -0.05) is 12.1 Å². The lowest BCUT2D eigenvalue weighted by Crippen LogP contribution is -2.59. The monoisotopic (exact) mass is 467 g/mol. The number of carbonyl (C=O) groups excluding carboxylic acids is 1. The van der Waals surface area contributed by atoms with Crippen molar-refractivity contribution in [1.29, 1.82) is 0 Å². The highest BCUT2D eigenvalue weighted by Crippen LogP contribution is 2.27. The third-order valence-corrected chi connectivity index (χ3v) is 5.92. The Morgan fingerprint density at radius 1 is 1.18 bits per heavy atom. The van der Waals surface area contributed by atoms with E-state index < -0.39 is 5.60 Å². The molecule has 4 N–H and O–H groups in total. The molecule has 2 aromatic heterocycles. The lowest BCUT2D eigenvalue weighted by atomic mass is 10.0. The zero-order valence-electron chi connectivity index (χ0n) is 20.4. The number of likely N-dealkylation sites (N-methyl/N-ethyl adjacent to an activating group) is 1. The normalized spacial score (nSPS) is 14.7. The lowest BCUT2D eigenvalue weighted by molar-refractivity contribution is -0.00574. The van der Waals surface area contributed by atoms with Gasteiger partial charge >= 0.3 is 6.09 Å². The number of likely N-dealkylation sites (tertiary alicyclic amines) is 1. The number of benzene rings is 1. The average Bonchev–Trinajstić information content (AvgIpc) is 3.12. The Kier molecular flexibility index (Phi) is 6.26. The highest BCUT2D eigenvalue weighted by molar-refractivity contribution is 5.86. The fourth-order valence-electron chi connectivity index (χ4n) is 4.15. The van der Waals surface area contributed by atoms with Crippen LogP contribution >= 0.6 is 0 Å². The van der Waals surface area contributed by atoms with Gasteiger partial charge in [-0.3, -0.25) is 4.90 Å². The molecule has 34 heavy (non-hydrogen) atoms. The number of hydrogen-bond acceptors (Lipinski definition) is 8. The number of amides is 1. The molecule has 4 rings (SSSR count). The van der Waals surface area contributed by atoms with Crippen LogP contribution in [-0.4, -0.2) is 69.3 Å². The molecule has 3 aromatic rings. The molecule has 0 aliphatic carbocycles. The maximum atomic E-state index is 12.3. The molecular weight excluding hydrogens is 434 g/mol. The number of nitrogens with two attached hydrogens (primary N) is 2. The minimum atomic E-state index is -0.494. The second-order valence-corrected chi connectivity index (χ2v) is 9.73. The van der Waals surface area contributed by atoms with E-state index in [-0.39, 0.29) is 18.1 Å². The summed E-state index contributed by atoms with van der Waals surface area (Å²) in [7, 11) is 3.47. The summed E-state index contributed by atoms with van der Waals surface area (Å²) in [5, 5.41) is 0. The van der Waals surface area contributed by atoms with E-state index in [2.05, 4.69) is 33.1 Å². The van der Waals surface area contributed by atoms with Gasteiger partial charge < -0.3 is 30.4 Å². The highest BCUT2D eigenvalue weighted by atomic mass is 16.6. The third kappa shape index (κ3) is 5.01. The molecule has 1 amide bonds. The number of nitrogens with zero attached hydrogens (tertiary/aromatic N) is 5. The Balaban J connectivity index is 1.40. The van der Waals surface area contributed by atoms with Gasteiger partial charge in [-0.25, -0.2) is 9.78 Å². The Labute approximate surface area is 199 Å². The predicted molar refractivity (Wildman–Crippen MR) is 132 cm³/mol. The summed E-state index contributed by atoms with van der Waals surface area (Å²) in [4.78, 5) is 24.6. The standard InChI is InChI=1S/C24H33N7O3/c1-24(2,3)34-23(32)29(4)17-13-30(14-17)11-15-6-7-16(19(10-15)33-5)12-31-9-8-18-20(31)21(25)28-22(26)27-18/h6-10,17H,11-14H2,1-5H3,(H4,25,26,27,28). The summed E-state index contributed by atoms with van der Waals surface area (Å²) in [6.45, 7) is 8.58. The number of aromatic nitrogens is 3. The summed E-state index contributed by atoms with van der Waals surface area (Å²) in [6, 6.07) is 8.26. The average molecular weight is 468 g/mol. The quantitative estimate of drug-likeness (QED) is 0.567. The first-order chi connectivity index (χ1) is 16.0. The van der Waals surface area contributed by atoms with Crippen molar-refractivity contribution in [2.45, 2.75) is 45.5 Å². The Morgan fingerprint density at radius 2 is 1.91 bits per heavy atom. The predicted octanol–water partition coefficient (Wildman–Crippen LogP) is 2.70. The van der Waals surface area contributed by atoms with Crippen molar-refractivity contribution in [2.75, 3.05) is 38.7 Å². The number of carbonyl (C=O) groups is 1. The van der Waals surface area contributed by atoms with E-state index in [1.807, 2.05) is 37.6 Å². The molecular formula is C24H33N7O3. The minimum absolute atomic E-state index is 0.153. The van der Waals surface area contributed by atoms with Crippen LogP contribution in [0.2, 0.25) is 0 Å². The van der Waals surface area contributed by atoms with Gasteiger partial charge in [0.1, 0.15) is 16.9 Å². The molecule has 1 aliphatic rings. The van der Waals surface area contributed by atoms with Gasteiger partial charge in [0.2, 0.25) is 5.95 Å². The topological polar surface area (TPSA) is 125 Å². The molecule has 0 unspecified atom stereocenters. The fourth-order valence-corrected chi connectivity index (χ4v) is 4.15. The van der Waals surface area contributed by atoms with E-state index in [1.165, 1.54) is 0 Å². The number of methoxy groups -OCH3 is 1. The van der Waals surface area contributed by atoms with Crippen LogP contribution in [0.3, 0.4) is 0 Å². The third-order valence-electron chi connectivity index (χ3n) is 5.92. The molecule has 10 nitrogen and oxygen atoms in total. The van der Waals surface area contributed by atoms with Gasteiger partial charge in [-0.15, -0.1) is 0 Å². The van der Waals surface area contributed by atoms with Gasteiger partial charge in [0.05, 0.1) is 25.2 Å². The van der Waals surface area contributed by atoms with Crippen LogP contribution in [0.15, 0.2) is 30.5 Å². The summed E-state index contributed by atoms with van der Waals surface area (Å²) in [5.74, 6) is 1.32. The SMILES string of the molecule is COc1cc(CN2CC(N(C)C(=O)OC(C)(C)C)C2)ccc1Cn1ccc2nc(N)nc(N)c21. The molecule has 182 valence electrons. The van der Waals surface area contributed by atoms with Crippen LogP contribution in [-0.2, 0) is 17.8 Å². The van der Waals surface area contributed by atoms with E-state index in [1.54, 1.807) is 19.1 Å². The van der Waals surface area contributed by atoms with Crippen molar-refractivity contribution >= 4 is 28.9 Å². The van der Waals surface area contributed by atoms with Gasteiger partial charge in [-0.05, 0) is 38.5 Å². The molecule has 1 saturated heterocycles. The van der Waals surface area contributed by atoms with Crippen LogP contribution in [0.5, 0.6) is 5.75 Å². The maximum Gasteiger partial charge on any atom is 0.410 e. The van der Waals surface area contributed by atoms with Gasteiger partial charge in [0, 0.05) is 38.4 Å². The van der Waals surface area contributed by atoms with E-state index in [9.17, 15) is 4.79 Å². The first-order valence-corrected chi connectivity index (χ1v) is 11.3. The largest absolute Gasteiger partial charge is 0.496 e. The zero-order chi connectivity index (χ0) is 24.6.